The summed E-state index contributed by atoms with van der Waals surface area (Å²) in [6, 6.07) is 12.0. The third-order valence-corrected chi connectivity index (χ3v) is 5.85. The summed E-state index contributed by atoms with van der Waals surface area (Å²) < 4.78 is 11.1. The quantitative estimate of drug-likeness (QED) is 0.637. The predicted molar refractivity (Wildman–Crippen MR) is 118 cm³/mol. The molecule has 2 aliphatic heterocycles. The van der Waals surface area contributed by atoms with Crippen molar-refractivity contribution in [2.24, 2.45) is 0 Å². The number of nitrogens with zero attached hydrogens (tertiary/aromatic N) is 5. The average Bonchev–Trinajstić information content (AvgIpc) is 2.79. The van der Waals surface area contributed by atoms with Crippen LogP contribution >= 0.6 is 11.6 Å². The molecule has 0 spiro atoms. The summed E-state index contributed by atoms with van der Waals surface area (Å²) in [5.74, 6) is 1.63. The maximum Gasteiger partial charge on any atom is 0.229 e. The van der Waals surface area contributed by atoms with E-state index >= 15 is 0 Å². The SMILES string of the molecule is CC1COCCN1c1nc(N2CCOCC2)c2ccc(-c3ccc(Cl)cc3)nc2n1. The smallest absolute Gasteiger partial charge is 0.229 e. The third-order valence-electron chi connectivity index (χ3n) is 5.60. The van der Waals surface area contributed by atoms with Crippen molar-refractivity contribution < 1.29 is 9.47 Å². The van der Waals surface area contributed by atoms with Crippen molar-refractivity contribution in [2.45, 2.75) is 13.0 Å². The zero-order valence-corrected chi connectivity index (χ0v) is 17.7. The highest BCUT2D eigenvalue weighted by molar-refractivity contribution is 6.30. The van der Waals surface area contributed by atoms with E-state index in [1.165, 1.54) is 0 Å². The minimum Gasteiger partial charge on any atom is -0.378 e. The Morgan fingerprint density at radius 3 is 2.43 bits per heavy atom. The van der Waals surface area contributed by atoms with Gasteiger partial charge in [0.05, 0.1) is 43.5 Å². The lowest BCUT2D eigenvalue weighted by Crippen LogP contribution is -2.45. The molecule has 2 saturated heterocycles. The second-order valence-electron chi connectivity index (χ2n) is 7.64. The van der Waals surface area contributed by atoms with Crippen molar-refractivity contribution in [2.75, 3.05) is 55.9 Å². The topological polar surface area (TPSA) is 63.6 Å². The zero-order valence-electron chi connectivity index (χ0n) is 16.9. The van der Waals surface area contributed by atoms with Crippen LogP contribution in [0.4, 0.5) is 11.8 Å². The van der Waals surface area contributed by atoms with Crippen LogP contribution in [-0.2, 0) is 9.47 Å². The Morgan fingerprint density at radius 2 is 1.67 bits per heavy atom. The van der Waals surface area contributed by atoms with Gasteiger partial charge in [0.25, 0.3) is 0 Å². The van der Waals surface area contributed by atoms with E-state index < -0.39 is 0 Å². The Kier molecular flexibility index (Phi) is 5.41. The van der Waals surface area contributed by atoms with Gasteiger partial charge < -0.3 is 19.3 Å². The molecule has 4 heterocycles. The lowest BCUT2D eigenvalue weighted by molar-refractivity contribution is 0.0981. The number of pyridine rings is 1. The molecule has 2 aromatic heterocycles. The Bertz CT molecular complexity index is 1040. The van der Waals surface area contributed by atoms with Crippen LogP contribution in [0.2, 0.25) is 5.02 Å². The summed E-state index contributed by atoms with van der Waals surface area (Å²) in [5.41, 5.74) is 2.58. The number of morpholine rings is 2. The van der Waals surface area contributed by atoms with Crippen molar-refractivity contribution in [3.8, 4) is 11.3 Å². The first-order valence-electron chi connectivity index (χ1n) is 10.3. The summed E-state index contributed by atoms with van der Waals surface area (Å²) in [4.78, 5) is 19.2. The largest absolute Gasteiger partial charge is 0.378 e. The molecule has 5 rings (SSSR count). The van der Waals surface area contributed by atoms with Gasteiger partial charge in [-0.2, -0.15) is 9.97 Å². The summed E-state index contributed by atoms with van der Waals surface area (Å²) >= 11 is 6.05. The summed E-state index contributed by atoms with van der Waals surface area (Å²) in [6.07, 6.45) is 0. The molecule has 0 radical (unpaired) electrons. The van der Waals surface area contributed by atoms with Crippen molar-refractivity contribution in [3.63, 3.8) is 0 Å². The Hall–Kier alpha value is -2.48. The number of hydrogen-bond acceptors (Lipinski definition) is 7. The summed E-state index contributed by atoms with van der Waals surface area (Å²) in [7, 11) is 0. The van der Waals surface area contributed by atoms with E-state index in [1.807, 2.05) is 30.3 Å². The number of anilines is 2. The Labute approximate surface area is 180 Å². The number of rotatable bonds is 3. The van der Waals surface area contributed by atoms with Crippen LogP contribution in [-0.4, -0.2) is 67.1 Å². The standard InChI is InChI=1S/C22H24ClN5O2/c1-15-14-30-13-10-28(15)22-25-20-18(21(26-22)27-8-11-29-12-9-27)6-7-19(24-20)16-2-4-17(23)5-3-16/h2-7,15H,8-14H2,1H3. The van der Waals surface area contributed by atoms with Crippen molar-refractivity contribution in [1.29, 1.82) is 0 Å². The average molecular weight is 426 g/mol. The van der Waals surface area contributed by atoms with Gasteiger partial charge in [-0.15, -0.1) is 0 Å². The first-order chi connectivity index (χ1) is 14.7. The van der Waals surface area contributed by atoms with E-state index in [0.29, 0.717) is 43.0 Å². The summed E-state index contributed by atoms with van der Waals surface area (Å²) in [6.45, 7) is 7.27. The van der Waals surface area contributed by atoms with Crippen LogP contribution in [0.25, 0.3) is 22.3 Å². The fraction of sp³-hybridized carbons (Fsp3) is 0.409. The fourth-order valence-corrected chi connectivity index (χ4v) is 4.06. The van der Waals surface area contributed by atoms with Crippen molar-refractivity contribution in [1.82, 2.24) is 15.0 Å². The van der Waals surface area contributed by atoms with Crippen LogP contribution in [0, 0.1) is 0 Å². The number of fused-ring (bicyclic) bond motifs is 1. The number of halogens is 1. The normalized spacial score (nSPS) is 20.0. The van der Waals surface area contributed by atoms with Gasteiger partial charge in [0.2, 0.25) is 5.95 Å². The van der Waals surface area contributed by atoms with E-state index in [-0.39, 0.29) is 6.04 Å². The minimum atomic E-state index is 0.216. The first-order valence-corrected chi connectivity index (χ1v) is 10.7. The van der Waals surface area contributed by atoms with Crippen molar-refractivity contribution in [3.05, 3.63) is 41.4 Å². The molecule has 0 bridgehead atoms. The van der Waals surface area contributed by atoms with E-state index in [0.717, 1.165) is 42.1 Å². The molecule has 1 unspecified atom stereocenters. The maximum absolute atomic E-state index is 6.05. The van der Waals surface area contributed by atoms with Gasteiger partial charge >= 0.3 is 0 Å². The van der Waals surface area contributed by atoms with Crippen LogP contribution in [0.5, 0.6) is 0 Å². The highest BCUT2D eigenvalue weighted by Crippen LogP contribution is 2.30. The molecular weight excluding hydrogens is 402 g/mol. The second kappa shape index (κ2) is 8.34. The molecule has 156 valence electrons. The van der Waals surface area contributed by atoms with Crippen LogP contribution in [0.15, 0.2) is 36.4 Å². The highest BCUT2D eigenvalue weighted by atomic mass is 35.5. The highest BCUT2D eigenvalue weighted by Gasteiger charge is 2.25. The molecule has 0 amide bonds. The van der Waals surface area contributed by atoms with Gasteiger partial charge in [-0.05, 0) is 31.2 Å². The van der Waals surface area contributed by atoms with Crippen LogP contribution in [0.1, 0.15) is 6.92 Å². The molecule has 1 atom stereocenters. The maximum atomic E-state index is 6.05. The van der Waals surface area contributed by atoms with Gasteiger partial charge in [-0.25, -0.2) is 4.98 Å². The molecule has 2 aliphatic rings. The number of ether oxygens (including phenoxy) is 2. The van der Waals surface area contributed by atoms with E-state index in [4.69, 9.17) is 36.0 Å². The third kappa shape index (κ3) is 3.80. The zero-order chi connectivity index (χ0) is 20.5. The predicted octanol–water partition coefficient (Wildman–Crippen LogP) is 3.41. The van der Waals surface area contributed by atoms with E-state index in [2.05, 4.69) is 22.8 Å². The van der Waals surface area contributed by atoms with Gasteiger partial charge in [0.1, 0.15) is 5.82 Å². The van der Waals surface area contributed by atoms with E-state index in [1.54, 1.807) is 0 Å². The van der Waals surface area contributed by atoms with Gasteiger partial charge in [0, 0.05) is 30.2 Å². The molecule has 3 aromatic rings. The number of hydrogen-bond donors (Lipinski definition) is 0. The lowest BCUT2D eigenvalue weighted by Gasteiger charge is -2.34. The number of benzene rings is 1. The molecule has 0 N–H and O–H groups in total. The van der Waals surface area contributed by atoms with Gasteiger partial charge in [-0.3, -0.25) is 0 Å². The fourth-order valence-electron chi connectivity index (χ4n) is 3.93. The molecule has 7 nitrogen and oxygen atoms in total. The lowest BCUT2D eigenvalue weighted by atomic mass is 10.1. The molecule has 0 saturated carbocycles. The Morgan fingerprint density at radius 1 is 0.900 bits per heavy atom. The minimum absolute atomic E-state index is 0.216. The monoisotopic (exact) mass is 425 g/mol. The molecule has 8 heteroatoms. The molecular formula is C22H24ClN5O2. The van der Waals surface area contributed by atoms with Crippen LogP contribution < -0.4 is 9.80 Å². The second-order valence-corrected chi connectivity index (χ2v) is 8.07. The Balaban J connectivity index is 1.63. The van der Waals surface area contributed by atoms with E-state index in [9.17, 15) is 0 Å². The number of aromatic nitrogens is 3. The molecule has 2 fully saturated rings. The molecule has 1 aromatic carbocycles. The van der Waals surface area contributed by atoms with Gasteiger partial charge in [-0.1, -0.05) is 23.7 Å². The molecule has 30 heavy (non-hydrogen) atoms. The van der Waals surface area contributed by atoms with Gasteiger partial charge in [0.15, 0.2) is 5.65 Å². The first kappa shape index (κ1) is 19.5. The van der Waals surface area contributed by atoms with Crippen LogP contribution in [0.3, 0.4) is 0 Å². The summed E-state index contributed by atoms with van der Waals surface area (Å²) in [5, 5.41) is 1.67. The molecule has 0 aliphatic carbocycles. The van der Waals surface area contributed by atoms with Crippen molar-refractivity contribution >= 4 is 34.4 Å².